The van der Waals surface area contributed by atoms with Crippen LogP contribution in [0, 0.1) is 5.92 Å². The lowest BCUT2D eigenvalue weighted by Gasteiger charge is -2.24. The van der Waals surface area contributed by atoms with Crippen LogP contribution in [0.15, 0.2) is 0 Å². The molecule has 0 bridgehead atoms. The van der Waals surface area contributed by atoms with E-state index in [1.165, 1.54) is 0 Å². The summed E-state index contributed by atoms with van der Waals surface area (Å²) < 4.78 is 5.49. The van der Waals surface area contributed by atoms with Crippen molar-refractivity contribution < 1.29 is 9.53 Å². The van der Waals surface area contributed by atoms with E-state index in [9.17, 15) is 4.79 Å². The molecule has 0 radical (unpaired) electrons. The van der Waals surface area contributed by atoms with E-state index < -0.39 is 5.60 Å². The molecule has 0 spiro atoms. The van der Waals surface area contributed by atoms with Crippen LogP contribution in [0.4, 0.5) is 0 Å². The van der Waals surface area contributed by atoms with E-state index in [0.29, 0.717) is 5.92 Å². The Bertz CT molecular complexity index is 148. The second kappa shape index (κ2) is 4.04. The van der Waals surface area contributed by atoms with Crippen LogP contribution in [0.25, 0.3) is 0 Å². The molecule has 2 atom stereocenters. The van der Waals surface area contributed by atoms with E-state index in [1.807, 2.05) is 0 Å². The number of aldehydes is 1. The number of hydrogen-bond donors (Lipinski definition) is 0. The molecule has 2 heteroatoms. The van der Waals surface area contributed by atoms with Crippen molar-refractivity contribution in [3.8, 4) is 0 Å². The van der Waals surface area contributed by atoms with Crippen molar-refractivity contribution in [2.24, 2.45) is 5.92 Å². The van der Waals surface area contributed by atoms with Gasteiger partial charge in [-0.3, -0.25) is 0 Å². The standard InChI is InChI=1S/C10H18O2/c1-3-9(2)7-10(8-11)5-4-6-12-10/h8-9H,3-7H2,1-2H3. The van der Waals surface area contributed by atoms with Crippen molar-refractivity contribution in [1.82, 2.24) is 0 Å². The van der Waals surface area contributed by atoms with Crippen molar-refractivity contribution >= 4 is 6.29 Å². The number of ether oxygens (including phenoxy) is 1. The maximum atomic E-state index is 10.9. The highest BCUT2D eigenvalue weighted by Gasteiger charge is 2.35. The van der Waals surface area contributed by atoms with Crippen molar-refractivity contribution in [3.63, 3.8) is 0 Å². The highest BCUT2D eigenvalue weighted by atomic mass is 16.5. The molecule has 0 N–H and O–H groups in total. The van der Waals surface area contributed by atoms with Crippen LogP contribution < -0.4 is 0 Å². The van der Waals surface area contributed by atoms with E-state index in [2.05, 4.69) is 13.8 Å². The van der Waals surface area contributed by atoms with Gasteiger partial charge in [-0.15, -0.1) is 0 Å². The summed E-state index contributed by atoms with van der Waals surface area (Å²) in [5.41, 5.74) is -0.421. The van der Waals surface area contributed by atoms with Gasteiger partial charge in [0.15, 0.2) is 6.29 Å². The number of hydrogen-bond acceptors (Lipinski definition) is 2. The van der Waals surface area contributed by atoms with Gasteiger partial charge >= 0.3 is 0 Å². The first kappa shape index (κ1) is 9.72. The van der Waals surface area contributed by atoms with E-state index in [-0.39, 0.29) is 0 Å². The molecule has 70 valence electrons. The molecule has 1 aliphatic rings. The van der Waals surface area contributed by atoms with E-state index in [0.717, 1.165) is 38.6 Å². The number of carbonyl (C=O) groups is 1. The third kappa shape index (κ3) is 2.07. The Morgan fingerprint density at radius 2 is 2.42 bits per heavy atom. The van der Waals surface area contributed by atoms with E-state index in [4.69, 9.17) is 4.74 Å². The summed E-state index contributed by atoms with van der Waals surface area (Å²) in [7, 11) is 0. The monoisotopic (exact) mass is 170 g/mol. The van der Waals surface area contributed by atoms with Gasteiger partial charge in [-0.05, 0) is 25.2 Å². The van der Waals surface area contributed by atoms with Gasteiger partial charge in [-0.1, -0.05) is 20.3 Å². The van der Waals surface area contributed by atoms with E-state index >= 15 is 0 Å². The Labute approximate surface area is 74.3 Å². The SMILES string of the molecule is CCC(C)CC1(C=O)CCCO1. The summed E-state index contributed by atoms with van der Waals surface area (Å²) in [6, 6.07) is 0. The highest BCUT2D eigenvalue weighted by molar-refractivity contribution is 5.62. The quantitative estimate of drug-likeness (QED) is 0.604. The van der Waals surface area contributed by atoms with Crippen molar-refractivity contribution in [1.29, 1.82) is 0 Å². The molecular formula is C10H18O2. The number of carbonyl (C=O) groups excluding carboxylic acids is 1. The minimum absolute atomic E-state index is 0.421. The van der Waals surface area contributed by atoms with Gasteiger partial charge in [0.1, 0.15) is 5.60 Å². The van der Waals surface area contributed by atoms with Crippen molar-refractivity contribution in [2.45, 2.75) is 45.1 Å². The minimum Gasteiger partial charge on any atom is -0.368 e. The lowest BCUT2D eigenvalue weighted by molar-refractivity contribution is -0.127. The summed E-state index contributed by atoms with van der Waals surface area (Å²) in [4.78, 5) is 10.9. The second-order valence-electron chi connectivity index (χ2n) is 3.85. The van der Waals surface area contributed by atoms with Gasteiger partial charge in [0.25, 0.3) is 0 Å². The summed E-state index contributed by atoms with van der Waals surface area (Å²) in [6.45, 7) is 5.08. The van der Waals surface area contributed by atoms with Crippen molar-refractivity contribution in [3.05, 3.63) is 0 Å². The summed E-state index contributed by atoms with van der Waals surface area (Å²) in [6.07, 6.45) is 4.98. The fraction of sp³-hybridized carbons (Fsp3) is 0.900. The molecule has 1 heterocycles. The molecular weight excluding hydrogens is 152 g/mol. The molecule has 2 nitrogen and oxygen atoms in total. The Kier molecular flexibility index (Phi) is 3.27. The fourth-order valence-electron chi connectivity index (χ4n) is 1.76. The van der Waals surface area contributed by atoms with Crippen LogP contribution in [0.3, 0.4) is 0 Å². The van der Waals surface area contributed by atoms with Crippen LogP contribution in [-0.4, -0.2) is 18.5 Å². The predicted molar refractivity (Wildman–Crippen MR) is 48.1 cm³/mol. The molecule has 2 unspecified atom stereocenters. The minimum atomic E-state index is -0.421. The Hall–Kier alpha value is -0.370. The van der Waals surface area contributed by atoms with Crippen LogP contribution >= 0.6 is 0 Å². The van der Waals surface area contributed by atoms with Gasteiger partial charge in [0, 0.05) is 6.61 Å². The molecule has 0 amide bonds. The second-order valence-corrected chi connectivity index (χ2v) is 3.85. The first-order chi connectivity index (χ1) is 5.72. The summed E-state index contributed by atoms with van der Waals surface area (Å²) >= 11 is 0. The topological polar surface area (TPSA) is 26.3 Å². The zero-order chi connectivity index (χ0) is 9.03. The molecule has 0 aliphatic carbocycles. The number of rotatable bonds is 4. The van der Waals surface area contributed by atoms with Crippen LogP contribution in [0.2, 0.25) is 0 Å². The Morgan fingerprint density at radius 3 is 2.83 bits per heavy atom. The normalized spacial score (nSPS) is 31.8. The molecule has 0 aromatic heterocycles. The largest absolute Gasteiger partial charge is 0.368 e. The first-order valence-electron chi connectivity index (χ1n) is 4.83. The van der Waals surface area contributed by atoms with Gasteiger partial charge in [-0.25, -0.2) is 0 Å². The third-order valence-electron chi connectivity index (χ3n) is 2.74. The average molecular weight is 170 g/mol. The maximum Gasteiger partial charge on any atom is 0.151 e. The van der Waals surface area contributed by atoms with E-state index in [1.54, 1.807) is 0 Å². The molecule has 1 rings (SSSR count). The highest BCUT2D eigenvalue weighted by Crippen LogP contribution is 2.30. The summed E-state index contributed by atoms with van der Waals surface area (Å²) in [5.74, 6) is 0.591. The average Bonchev–Trinajstić information content (AvgIpc) is 2.54. The van der Waals surface area contributed by atoms with Gasteiger partial charge < -0.3 is 9.53 Å². The van der Waals surface area contributed by atoms with Crippen molar-refractivity contribution in [2.75, 3.05) is 6.61 Å². The van der Waals surface area contributed by atoms with Gasteiger partial charge in [0.2, 0.25) is 0 Å². The Morgan fingerprint density at radius 1 is 1.67 bits per heavy atom. The molecule has 1 saturated heterocycles. The maximum absolute atomic E-state index is 10.9. The lowest BCUT2D eigenvalue weighted by Crippen LogP contribution is -2.31. The zero-order valence-corrected chi connectivity index (χ0v) is 8.01. The molecule has 12 heavy (non-hydrogen) atoms. The Balaban J connectivity index is 2.49. The fourth-order valence-corrected chi connectivity index (χ4v) is 1.76. The lowest BCUT2D eigenvalue weighted by atomic mass is 9.89. The van der Waals surface area contributed by atoms with Crippen LogP contribution in [-0.2, 0) is 9.53 Å². The van der Waals surface area contributed by atoms with Crippen LogP contribution in [0.1, 0.15) is 39.5 Å². The molecule has 0 aromatic rings. The third-order valence-corrected chi connectivity index (χ3v) is 2.74. The molecule has 0 aromatic carbocycles. The predicted octanol–water partition coefficient (Wildman–Crippen LogP) is 2.17. The molecule has 1 fully saturated rings. The molecule has 0 saturated carbocycles. The summed E-state index contributed by atoms with van der Waals surface area (Å²) in [5, 5.41) is 0. The smallest absolute Gasteiger partial charge is 0.151 e. The van der Waals surface area contributed by atoms with Gasteiger partial charge in [-0.2, -0.15) is 0 Å². The van der Waals surface area contributed by atoms with Gasteiger partial charge in [0.05, 0.1) is 0 Å². The zero-order valence-electron chi connectivity index (χ0n) is 8.01. The first-order valence-corrected chi connectivity index (χ1v) is 4.83. The van der Waals surface area contributed by atoms with Crippen LogP contribution in [0.5, 0.6) is 0 Å². The molecule has 1 aliphatic heterocycles.